The number of hydrogen-bond donors (Lipinski definition) is 3. The Morgan fingerprint density at radius 3 is 2.93 bits per heavy atom. The van der Waals surface area contributed by atoms with Crippen molar-refractivity contribution in [3.05, 3.63) is 29.2 Å². The zero-order valence-corrected chi connectivity index (χ0v) is 7.67. The average Bonchev–Trinajstić information content (AvgIpc) is 2.70. The van der Waals surface area contributed by atoms with Gasteiger partial charge in [0, 0.05) is 18.0 Å². The van der Waals surface area contributed by atoms with Crippen LogP contribution in [0.2, 0.25) is 5.15 Å². The van der Waals surface area contributed by atoms with E-state index in [1.54, 1.807) is 18.5 Å². The molecule has 0 amide bonds. The van der Waals surface area contributed by atoms with Gasteiger partial charge in [-0.25, -0.2) is 4.79 Å². The van der Waals surface area contributed by atoms with E-state index in [1.807, 2.05) is 0 Å². The van der Waals surface area contributed by atoms with Crippen molar-refractivity contribution in [3.63, 3.8) is 0 Å². The fourth-order valence-electron chi connectivity index (χ4n) is 1.20. The summed E-state index contributed by atoms with van der Waals surface area (Å²) < 4.78 is 0. The molecule has 0 aliphatic carbocycles. The fraction of sp³-hybridized carbons (Fsp3) is 0. The zero-order chi connectivity index (χ0) is 10.1. The standard InChI is InChI=1S/C8H6ClN3O2/c9-7-5(8(13)14)6(11-12-7)4-1-2-10-3-4/h1-3,10H,(H,11,12)(H,13,14). The predicted molar refractivity (Wildman–Crippen MR) is 50.3 cm³/mol. The summed E-state index contributed by atoms with van der Waals surface area (Å²) >= 11 is 5.65. The minimum absolute atomic E-state index is 0.00809. The summed E-state index contributed by atoms with van der Waals surface area (Å²) in [5.41, 5.74) is 1.01. The van der Waals surface area contributed by atoms with Gasteiger partial charge in [0.05, 0.1) is 0 Å². The Labute approximate surface area is 83.7 Å². The van der Waals surface area contributed by atoms with Crippen LogP contribution in [-0.4, -0.2) is 26.3 Å². The molecule has 0 fully saturated rings. The van der Waals surface area contributed by atoms with Crippen molar-refractivity contribution in [2.75, 3.05) is 0 Å². The quantitative estimate of drug-likeness (QED) is 0.708. The molecular weight excluding hydrogens is 206 g/mol. The molecule has 6 heteroatoms. The maximum absolute atomic E-state index is 10.8. The first-order chi connectivity index (χ1) is 6.70. The molecule has 0 spiro atoms. The van der Waals surface area contributed by atoms with Gasteiger partial charge in [-0.15, -0.1) is 0 Å². The summed E-state index contributed by atoms with van der Waals surface area (Å²) in [6, 6.07) is 1.72. The molecule has 0 aliphatic rings. The van der Waals surface area contributed by atoms with Crippen LogP contribution in [0, 0.1) is 0 Å². The monoisotopic (exact) mass is 211 g/mol. The molecule has 0 aliphatic heterocycles. The lowest BCUT2D eigenvalue weighted by atomic mass is 10.1. The van der Waals surface area contributed by atoms with E-state index in [0.717, 1.165) is 0 Å². The van der Waals surface area contributed by atoms with Gasteiger partial charge in [0.25, 0.3) is 0 Å². The van der Waals surface area contributed by atoms with Crippen molar-refractivity contribution >= 4 is 17.6 Å². The lowest BCUT2D eigenvalue weighted by Crippen LogP contribution is -1.97. The van der Waals surface area contributed by atoms with Gasteiger partial charge in [-0.3, -0.25) is 5.10 Å². The molecule has 2 rings (SSSR count). The number of nitrogens with one attached hydrogen (secondary N) is 2. The van der Waals surface area contributed by atoms with Crippen molar-refractivity contribution in [2.45, 2.75) is 0 Å². The zero-order valence-electron chi connectivity index (χ0n) is 6.91. The molecule has 0 bridgehead atoms. The number of nitrogens with zero attached hydrogens (tertiary/aromatic N) is 1. The fourth-order valence-corrected chi connectivity index (χ4v) is 1.41. The first kappa shape index (κ1) is 8.83. The predicted octanol–water partition coefficient (Wildman–Crippen LogP) is 1.76. The van der Waals surface area contributed by atoms with Crippen LogP contribution in [0.5, 0.6) is 0 Å². The number of halogens is 1. The topological polar surface area (TPSA) is 81.8 Å². The van der Waals surface area contributed by atoms with Gasteiger partial charge < -0.3 is 10.1 Å². The van der Waals surface area contributed by atoms with Crippen LogP contribution in [0.1, 0.15) is 10.4 Å². The van der Waals surface area contributed by atoms with Crippen molar-refractivity contribution < 1.29 is 9.90 Å². The summed E-state index contributed by atoms with van der Waals surface area (Å²) in [7, 11) is 0. The number of rotatable bonds is 2. The highest BCUT2D eigenvalue weighted by Gasteiger charge is 2.19. The van der Waals surface area contributed by atoms with Crippen molar-refractivity contribution in [3.8, 4) is 11.3 Å². The third kappa shape index (κ3) is 1.27. The van der Waals surface area contributed by atoms with Crippen molar-refractivity contribution in [1.29, 1.82) is 0 Å². The summed E-state index contributed by atoms with van der Waals surface area (Å²) in [6.45, 7) is 0. The van der Waals surface area contributed by atoms with Gasteiger partial charge in [0.2, 0.25) is 0 Å². The number of aromatic nitrogens is 3. The Kier molecular flexibility index (Phi) is 2.01. The maximum Gasteiger partial charge on any atom is 0.341 e. The second-order valence-corrected chi connectivity index (χ2v) is 3.04. The van der Waals surface area contributed by atoms with Gasteiger partial charge in [0.1, 0.15) is 16.4 Å². The summed E-state index contributed by atoms with van der Waals surface area (Å²) in [5, 5.41) is 15.2. The smallest absolute Gasteiger partial charge is 0.341 e. The Bertz CT molecular complexity index is 461. The highest BCUT2D eigenvalue weighted by molar-refractivity contribution is 6.33. The van der Waals surface area contributed by atoms with Crippen LogP contribution < -0.4 is 0 Å². The van der Waals surface area contributed by atoms with Gasteiger partial charge in [-0.05, 0) is 6.07 Å². The van der Waals surface area contributed by atoms with Crippen molar-refractivity contribution in [2.24, 2.45) is 0 Å². The number of H-pyrrole nitrogens is 2. The molecule has 0 radical (unpaired) electrons. The highest BCUT2D eigenvalue weighted by Crippen LogP contribution is 2.25. The molecule has 5 nitrogen and oxygen atoms in total. The number of hydrogen-bond acceptors (Lipinski definition) is 2. The van der Waals surface area contributed by atoms with Crippen LogP contribution in [0.25, 0.3) is 11.3 Å². The van der Waals surface area contributed by atoms with E-state index >= 15 is 0 Å². The van der Waals surface area contributed by atoms with E-state index in [-0.39, 0.29) is 10.7 Å². The number of aromatic carboxylic acids is 1. The molecule has 0 saturated carbocycles. The second kappa shape index (κ2) is 3.19. The molecular formula is C8H6ClN3O2. The van der Waals surface area contributed by atoms with Gasteiger partial charge in [0.15, 0.2) is 0 Å². The molecule has 72 valence electrons. The minimum Gasteiger partial charge on any atom is -0.478 e. The van der Waals surface area contributed by atoms with Gasteiger partial charge in [-0.2, -0.15) is 5.10 Å². The van der Waals surface area contributed by atoms with E-state index in [0.29, 0.717) is 11.3 Å². The van der Waals surface area contributed by atoms with Crippen LogP contribution in [0.3, 0.4) is 0 Å². The summed E-state index contributed by atoms with van der Waals surface area (Å²) in [5.74, 6) is -1.10. The Morgan fingerprint density at radius 1 is 1.57 bits per heavy atom. The van der Waals surface area contributed by atoms with E-state index in [9.17, 15) is 4.79 Å². The summed E-state index contributed by atoms with van der Waals surface area (Å²) in [4.78, 5) is 13.7. The molecule has 2 heterocycles. The SMILES string of the molecule is O=C(O)c1c(-c2cc[nH]c2)n[nH]c1Cl. The Hall–Kier alpha value is -1.75. The van der Waals surface area contributed by atoms with E-state index < -0.39 is 5.97 Å². The number of carboxylic acids is 1. The van der Waals surface area contributed by atoms with Gasteiger partial charge >= 0.3 is 5.97 Å². The average molecular weight is 212 g/mol. The minimum atomic E-state index is -1.10. The molecule has 14 heavy (non-hydrogen) atoms. The Balaban J connectivity index is 2.60. The number of carboxylic acid groups (broad SMARTS) is 1. The van der Waals surface area contributed by atoms with Crippen LogP contribution in [0.4, 0.5) is 0 Å². The lowest BCUT2D eigenvalue weighted by Gasteiger charge is -1.93. The third-order valence-electron chi connectivity index (χ3n) is 1.81. The number of carbonyl (C=O) groups is 1. The largest absolute Gasteiger partial charge is 0.478 e. The van der Waals surface area contributed by atoms with E-state index in [4.69, 9.17) is 16.7 Å². The normalized spacial score (nSPS) is 10.4. The molecule has 2 aromatic heterocycles. The highest BCUT2D eigenvalue weighted by atomic mass is 35.5. The van der Waals surface area contributed by atoms with Crippen LogP contribution in [0.15, 0.2) is 18.5 Å². The van der Waals surface area contributed by atoms with Gasteiger partial charge in [-0.1, -0.05) is 11.6 Å². The first-order valence-corrected chi connectivity index (χ1v) is 4.18. The summed E-state index contributed by atoms with van der Waals surface area (Å²) in [6.07, 6.45) is 3.34. The first-order valence-electron chi connectivity index (χ1n) is 3.80. The number of aromatic amines is 2. The molecule has 0 unspecified atom stereocenters. The van der Waals surface area contributed by atoms with Crippen LogP contribution in [-0.2, 0) is 0 Å². The van der Waals surface area contributed by atoms with E-state index in [2.05, 4.69) is 15.2 Å². The van der Waals surface area contributed by atoms with E-state index in [1.165, 1.54) is 0 Å². The van der Waals surface area contributed by atoms with Crippen molar-refractivity contribution in [1.82, 2.24) is 15.2 Å². The Morgan fingerprint density at radius 2 is 2.36 bits per heavy atom. The molecule has 0 aromatic carbocycles. The second-order valence-electron chi connectivity index (χ2n) is 2.67. The molecule has 0 saturated heterocycles. The molecule has 2 aromatic rings. The molecule has 3 N–H and O–H groups in total. The molecule has 0 atom stereocenters. The third-order valence-corrected chi connectivity index (χ3v) is 2.08. The lowest BCUT2D eigenvalue weighted by molar-refractivity contribution is 0.0698. The van der Waals surface area contributed by atoms with Crippen LogP contribution >= 0.6 is 11.6 Å². The maximum atomic E-state index is 10.8.